The molecule has 0 radical (unpaired) electrons. The van der Waals surface area contributed by atoms with Gasteiger partial charge in [0.15, 0.2) is 0 Å². The number of nitrogens with two attached hydrogens (primary N) is 1. The van der Waals surface area contributed by atoms with E-state index in [2.05, 4.69) is 0 Å². The Balaban J connectivity index is 1.93. The van der Waals surface area contributed by atoms with Gasteiger partial charge < -0.3 is 9.47 Å². The molecule has 150 valence electrons. The molecule has 0 fully saturated rings. The number of halogens is 2. The highest BCUT2D eigenvalue weighted by atomic mass is 35.5. The molecule has 1 aliphatic rings. The van der Waals surface area contributed by atoms with Crippen molar-refractivity contribution in [1.82, 2.24) is 0 Å². The number of primary sulfonamides is 1. The molecule has 2 N–H and O–H groups in total. The first-order chi connectivity index (χ1) is 13.8. The number of ether oxygens (including phenoxy) is 2. The largest absolute Gasteiger partial charge is 0.496 e. The molecule has 1 atom stereocenters. The van der Waals surface area contributed by atoms with E-state index in [0.29, 0.717) is 27.1 Å². The summed E-state index contributed by atoms with van der Waals surface area (Å²) >= 11 is 12.3. The predicted octanol–water partition coefficient (Wildman–Crippen LogP) is 4.94. The van der Waals surface area contributed by atoms with E-state index in [4.69, 9.17) is 37.8 Å². The third-order valence-electron chi connectivity index (χ3n) is 4.73. The number of rotatable bonds is 4. The number of methoxy groups -OCH3 is 1. The second kappa shape index (κ2) is 7.54. The molecule has 29 heavy (non-hydrogen) atoms. The monoisotopic (exact) mass is 449 g/mol. The van der Waals surface area contributed by atoms with E-state index in [1.54, 1.807) is 31.4 Å². The molecule has 0 saturated carbocycles. The summed E-state index contributed by atoms with van der Waals surface area (Å²) in [6.45, 7) is 0. The van der Waals surface area contributed by atoms with Crippen LogP contribution in [0.4, 0.5) is 0 Å². The van der Waals surface area contributed by atoms with Crippen molar-refractivity contribution in [1.29, 1.82) is 0 Å². The maximum atomic E-state index is 11.6. The third-order valence-corrected chi connectivity index (χ3v) is 6.21. The molecule has 0 bridgehead atoms. The number of fused-ring (bicyclic) bond motifs is 3. The molecule has 1 aliphatic heterocycles. The number of hydrogen-bond donors (Lipinski definition) is 1. The van der Waals surface area contributed by atoms with Gasteiger partial charge in [-0.05, 0) is 41.0 Å². The summed E-state index contributed by atoms with van der Waals surface area (Å²) in [7, 11) is -2.08. The minimum absolute atomic E-state index is 0.271. The lowest BCUT2D eigenvalue weighted by atomic mass is 9.88. The summed E-state index contributed by atoms with van der Waals surface area (Å²) in [5.41, 5.74) is 3.85. The van der Waals surface area contributed by atoms with Crippen LogP contribution in [0.2, 0.25) is 10.0 Å². The zero-order valence-electron chi connectivity index (χ0n) is 15.4. The quantitative estimate of drug-likeness (QED) is 0.611. The highest BCUT2D eigenvalue weighted by molar-refractivity contribution is 7.88. The lowest BCUT2D eigenvalue weighted by Gasteiger charge is -2.30. The Kier molecular flexibility index (Phi) is 5.21. The Morgan fingerprint density at radius 2 is 1.86 bits per heavy atom. The maximum Gasteiger partial charge on any atom is 0.213 e. The van der Waals surface area contributed by atoms with Crippen LogP contribution in [0.5, 0.6) is 11.5 Å². The van der Waals surface area contributed by atoms with E-state index in [1.807, 2.05) is 30.3 Å². The third kappa shape index (κ3) is 3.94. The molecule has 0 saturated heterocycles. The van der Waals surface area contributed by atoms with Gasteiger partial charge in [0.2, 0.25) is 10.0 Å². The van der Waals surface area contributed by atoms with Gasteiger partial charge in [0, 0.05) is 5.56 Å². The van der Waals surface area contributed by atoms with Crippen LogP contribution in [-0.4, -0.2) is 15.5 Å². The molecule has 3 aromatic carbocycles. The van der Waals surface area contributed by atoms with Gasteiger partial charge in [0.05, 0.1) is 28.5 Å². The van der Waals surface area contributed by atoms with Crippen LogP contribution in [0.3, 0.4) is 0 Å². The van der Waals surface area contributed by atoms with Gasteiger partial charge in [-0.15, -0.1) is 0 Å². The molecule has 0 aromatic heterocycles. The van der Waals surface area contributed by atoms with Gasteiger partial charge in [-0.2, -0.15) is 0 Å². The number of hydrogen-bond acceptors (Lipinski definition) is 4. The smallest absolute Gasteiger partial charge is 0.213 e. The molecule has 8 heteroatoms. The molecule has 1 unspecified atom stereocenters. The van der Waals surface area contributed by atoms with Crippen LogP contribution in [0.15, 0.2) is 54.6 Å². The molecule has 0 spiro atoms. The highest BCUT2D eigenvalue weighted by Gasteiger charge is 2.30. The lowest BCUT2D eigenvalue weighted by molar-refractivity contribution is 0.242. The van der Waals surface area contributed by atoms with Crippen molar-refractivity contribution in [2.75, 3.05) is 7.11 Å². The second-order valence-electron chi connectivity index (χ2n) is 6.73. The van der Waals surface area contributed by atoms with Crippen molar-refractivity contribution in [3.05, 3.63) is 81.3 Å². The van der Waals surface area contributed by atoms with Gasteiger partial charge >= 0.3 is 0 Å². The zero-order valence-corrected chi connectivity index (χ0v) is 17.7. The normalized spacial score (nSPS) is 15.2. The van der Waals surface area contributed by atoms with Gasteiger partial charge in [0.25, 0.3) is 0 Å². The minimum Gasteiger partial charge on any atom is -0.496 e. The average molecular weight is 450 g/mol. The van der Waals surface area contributed by atoms with Crippen LogP contribution < -0.4 is 14.6 Å². The lowest BCUT2D eigenvalue weighted by Crippen LogP contribution is -2.18. The van der Waals surface area contributed by atoms with Crippen LogP contribution in [0, 0.1) is 0 Å². The van der Waals surface area contributed by atoms with Crippen LogP contribution in [0.1, 0.15) is 22.8 Å². The SMILES string of the molecule is COc1cccc2c1-c1ccc(CS(N)(=O)=O)cc1C(c1ccc(Cl)c(Cl)c1)O2. The summed E-state index contributed by atoms with van der Waals surface area (Å²) in [5, 5.41) is 6.09. The van der Waals surface area contributed by atoms with Crippen molar-refractivity contribution in [2.24, 2.45) is 5.14 Å². The van der Waals surface area contributed by atoms with Crippen LogP contribution in [-0.2, 0) is 15.8 Å². The summed E-state index contributed by atoms with van der Waals surface area (Å²) in [6, 6.07) is 16.3. The number of benzene rings is 3. The fraction of sp³-hybridized carbons (Fsp3) is 0.143. The van der Waals surface area contributed by atoms with E-state index in [9.17, 15) is 8.42 Å². The van der Waals surface area contributed by atoms with Crippen LogP contribution >= 0.6 is 23.2 Å². The number of sulfonamides is 1. The fourth-order valence-corrected chi connectivity index (χ4v) is 4.49. The first kappa shape index (κ1) is 20.0. The topological polar surface area (TPSA) is 78.6 Å². The van der Waals surface area contributed by atoms with Crippen LogP contribution in [0.25, 0.3) is 11.1 Å². The van der Waals surface area contributed by atoms with Crippen molar-refractivity contribution in [3.8, 4) is 22.6 Å². The molecular weight excluding hydrogens is 433 g/mol. The molecule has 3 aromatic rings. The Morgan fingerprint density at radius 1 is 1.07 bits per heavy atom. The molecular formula is C21H17Cl2NO4S. The summed E-state index contributed by atoms with van der Waals surface area (Å²) in [4.78, 5) is 0. The molecule has 4 rings (SSSR count). The Morgan fingerprint density at radius 3 is 2.55 bits per heavy atom. The van der Waals surface area contributed by atoms with E-state index >= 15 is 0 Å². The van der Waals surface area contributed by atoms with Crippen molar-refractivity contribution >= 4 is 33.2 Å². The molecule has 0 aliphatic carbocycles. The molecule has 0 amide bonds. The maximum absolute atomic E-state index is 11.6. The second-order valence-corrected chi connectivity index (χ2v) is 9.16. The van der Waals surface area contributed by atoms with Gasteiger partial charge in [0.1, 0.15) is 17.6 Å². The Hall–Kier alpha value is -2.25. The van der Waals surface area contributed by atoms with Gasteiger partial charge in [-0.1, -0.05) is 53.5 Å². The summed E-state index contributed by atoms with van der Waals surface area (Å²) < 4.78 is 35.0. The van der Waals surface area contributed by atoms with Crippen molar-refractivity contribution in [2.45, 2.75) is 11.9 Å². The van der Waals surface area contributed by atoms with Crippen molar-refractivity contribution < 1.29 is 17.9 Å². The standard InChI is InChI=1S/C21H17Cl2NO4S/c1-27-18-3-2-4-19-20(18)14-7-5-12(11-29(24,25)26)9-15(14)21(28-19)13-6-8-16(22)17(23)10-13/h2-10,21H,11H2,1H3,(H2,24,25,26). The summed E-state index contributed by atoms with van der Waals surface area (Å²) in [5.74, 6) is 1.05. The Bertz CT molecular complexity index is 1210. The highest BCUT2D eigenvalue weighted by Crippen LogP contribution is 2.49. The van der Waals surface area contributed by atoms with Gasteiger partial charge in [-0.25, -0.2) is 13.6 Å². The molecule has 1 heterocycles. The Labute approximate surface area is 179 Å². The van der Waals surface area contributed by atoms with Crippen molar-refractivity contribution in [3.63, 3.8) is 0 Å². The molecule has 5 nitrogen and oxygen atoms in total. The van der Waals surface area contributed by atoms with E-state index in [0.717, 1.165) is 22.3 Å². The minimum atomic E-state index is -3.68. The predicted molar refractivity (Wildman–Crippen MR) is 114 cm³/mol. The first-order valence-electron chi connectivity index (χ1n) is 8.69. The van der Waals surface area contributed by atoms with Gasteiger partial charge in [-0.3, -0.25) is 0 Å². The van der Waals surface area contributed by atoms with E-state index in [-0.39, 0.29) is 5.75 Å². The average Bonchev–Trinajstić information content (AvgIpc) is 2.67. The van der Waals surface area contributed by atoms with E-state index < -0.39 is 16.1 Å². The fourth-order valence-electron chi connectivity index (χ4n) is 3.54. The summed E-state index contributed by atoms with van der Waals surface area (Å²) in [6.07, 6.45) is -0.500. The van der Waals surface area contributed by atoms with E-state index in [1.165, 1.54) is 0 Å². The first-order valence-corrected chi connectivity index (χ1v) is 11.2. The zero-order chi connectivity index (χ0) is 20.8.